The van der Waals surface area contributed by atoms with Crippen LogP contribution in [-0.2, 0) is 5.41 Å². The van der Waals surface area contributed by atoms with Gasteiger partial charge >= 0.3 is 0 Å². The van der Waals surface area contributed by atoms with Gasteiger partial charge in [0.05, 0.1) is 16.4 Å². The van der Waals surface area contributed by atoms with E-state index >= 15 is 0 Å². The van der Waals surface area contributed by atoms with Crippen LogP contribution >= 0.6 is 0 Å². The van der Waals surface area contributed by atoms with Crippen LogP contribution in [0, 0.1) is 0 Å². The van der Waals surface area contributed by atoms with Crippen LogP contribution in [0.5, 0.6) is 23.0 Å². The van der Waals surface area contributed by atoms with Crippen molar-refractivity contribution in [2.24, 2.45) is 0 Å². The van der Waals surface area contributed by atoms with Crippen LogP contribution < -0.4 is 9.47 Å². The molecule has 4 nitrogen and oxygen atoms in total. The van der Waals surface area contributed by atoms with Gasteiger partial charge in [0.2, 0.25) is 0 Å². The zero-order valence-electron chi connectivity index (χ0n) is 24.7. The molecule has 6 aromatic carbocycles. The molecule has 1 unspecified atom stereocenters. The molecule has 4 heteroatoms. The number of rotatable bonds is 2. The molecule has 2 aliphatic rings. The van der Waals surface area contributed by atoms with Crippen molar-refractivity contribution < 1.29 is 9.47 Å². The number of aromatic nitrogens is 2. The average Bonchev–Trinajstić information content (AvgIpc) is 3.46. The highest BCUT2D eigenvalue weighted by atomic mass is 16.5. The van der Waals surface area contributed by atoms with Gasteiger partial charge in [0, 0.05) is 62.7 Å². The van der Waals surface area contributed by atoms with Gasteiger partial charge in [-0.25, -0.2) is 0 Å². The Hall–Kier alpha value is -6.13. The zero-order valence-corrected chi connectivity index (χ0v) is 24.7. The summed E-state index contributed by atoms with van der Waals surface area (Å²) in [7, 11) is 0. The van der Waals surface area contributed by atoms with Gasteiger partial charge < -0.3 is 14.0 Å². The maximum atomic E-state index is 6.83. The molecule has 8 aromatic rings. The first-order valence-electron chi connectivity index (χ1n) is 15.5. The van der Waals surface area contributed by atoms with E-state index < -0.39 is 5.41 Å². The second kappa shape index (κ2) is 9.43. The topological polar surface area (TPSA) is 36.3 Å². The molecule has 2 aromatic heterocycles. The molecule has 0 bridgehead atoms. The monoisotopic (exact) mass is 590 g/mol. The second-order valence-corrected chi connectivity index (χ2v) is 11.9. The van der Waals surface area contributed by atoms with Gasteiger partial charge in [0.15, 0.2) is 0 Å². The van der Waals surface area contributed by atoms with E-state index in [9.17, 15) is 0 Å². The van der Waals surface area contributed by atoms with E-state index in [1.165, 1.54) is 21.8 Å². The molecule has 0 saturated carbocycles. The molecule has 0 aliphatic carbocycles. The van der Waals surface area contributed by atoms with Crippen LogP contribution in [0.4, 0.5) is 0 Å². The van der Waals surface area contributed by atoms with Crippen molar-refractivity contribution in [3.05, 3.63) is 180 Å². The maximum absolute atomic E-state index is 6.83. The minimum Gasteiger partial charge on any atom is -0.457 e. The quantitative estimate of drug-likeness (QED) is 0.201. The molecule has 0 saturated heterocycles. The summed E-state index contributed by atoms with van der Waals surface area (Å²) >= 11 is 0. The smallest absolute Gasteiger partial charge is 0.134 e. The van der Waals surface area contributed by atoms with Crippen LogP contribution in [0.15, 0.2) is 158 Å². The Morgan fingerprint density at radius 3 is 1.67 bits per heavy atom. The first-order valence-corrected chi connectivity index (χ1v) is 15.5. The third kappa shape index (κ3) is 3.36. The normalized spacial score (nSPS) is 15.8. The lowest BCUT2D eigenvalue weighted by Gasteiger charge is -2.45. The summed E-state index contributed by atoms with van der Waals surface area (Å²) in [4.78, 5) is 4.36. The number of ether oxygens (including phenoxy) is 2. The maximum Gasteiger partial charge on any atom is 0.134 e. The highest BCUT2D eigenvalue weighted by Crippen LogP contribution is 2.61. The van der Waals surface area contributed by atoms with Crippen molar-refractivity contribution in [1.82, 2.24) is 9.55 Å². The number of nitrogens with zero attached hydrogens (tertiary/aromatic N) is 2. The molecule has 216 valence electrons. The lowest BCUT2D eigenvalue weighted by Crippen LogP contribution is -2.36. The summed E-state index contributed by atoms with van der Waals surface area (Å²) in [5.41, 5.74) is 9.20. The molecule has 1 atom stereocenters. The average molecular weight is 591 g/mol. The third-order valence-electron chi connectivity index (χ3n) is 9.61. The first kappa shape index (κ1) is 25.2. The van der Waals surface area contributed by atoms with E-state index in [2.05, 4.69) is 137 Å². The molecule has 0 N–H and O–H groups in total. The number of fused-ring (bicyclic) bond motifs is 11. The summed E-state index contributed by atoms with van der Waals surface area (Å²) in [6.45, 7) is 0. The SMILES string of the molecule is c1cncc(-c2ccc3c(c2)Oc2ccccc2C32c3ccccc3Oc3cc(-n4c5ccccc5c5ccccc54)ccc32)c1. The van der Waals surface area contributed by atoms with Gasteiger partial charge in [-0.05, 0) is 48.0 Å². The van der Waals surface area contributed by atoms with Crippen LogP contribution in [0.2, 0.25) is 0 Å². The van der Waals surface area contributed by atoms with Crippen LogP contribution in [-0.4, -0.2) is 9.55 Å². The summed E-state index contributed by atoms with van der Waals surface area (Å²) in [6, 6.07) is 51.3. The Labute approximate surface area is 265 Å². The van der Waals surface area contributed by atoms with E-state index in [0.29, 0.717) is 0 Å². The molecule has 10 rings (SSSR count). The van der Waals surface area contributed by atoms with E-state index in [0.717, 1.165) is 62.1 Å². The van der Waals surface area contributed by atoms with Gasteiger partial charge in [-0.3, -0.25) is 4.98 Å². The summed E-state index contributed by atoms with van der Waals surface area (Å²) < 4.78 is 15.9. The van der Waals surface area contributed by atoms with Crippen molar-refractivity contribution in [1.29, 1.82) is 0 Å². The molecular formula is C42H26N2O2. The van der Waals surface area contributed by atoms with Crippen LogP contribution in [0.1, 0.15) is 22.3 Å². The summed E-state index contributed by atoms with van der Waals surface area (Å²) in [6.07, 6.45) is 3.69. The highest BCUT2D eigenvalue weighted by Gasteiger charge is 2.50. The van der Waals surface area contributed by atoms with E-state index in [1.54, 1.807) is 6.20 Å². The van der Waals surface area contributed by atoms with E-state index in [4.69, 9.17) is 9.47 Å². The lowest BCUT2D eigenvalue weighted by molar-refractivity contribution is 0.399. The molecule has 1 spiro atoms. The van der Waals surface area contributed by atoms with Crippen LogP contribution in [0.25, 0.3) is 38.6 Å². The number of hydrogen-bond donors (Lipinski definition) is 0. The van der Waals surface area contributed by atoms with Crippen molar-refractivity contribution in [3.8, 4) is 39.8 Å². The third-order valence-corrected chi connectivity index (χ3v) is 9.61. The molecule has 0 fully saturated rings. The number of hydrogen-bond acceptors (Lipinski definition) is 3. The minimum absolute atomic E-state index is 0.652. The Balaban J connectivity index is 1.27. The number of benzene rings is 6. The van der Waals surface area contributed by atoms with Gasteiger partial charge in [0.25, 0.3) is 0 Å². The molecule has 0 radical (unpaired) electrons. The van der Waals surface area contributed by atoms with Gasteiger partial charge in [-0.15, -0.1) is 0 Å². The number of pyridine rings is 1. The van der Waals surface area contributed by atoms with E-state index in [1.807, 2.05) is 24.4 Å². The first-order chi connectivity index (χ1) is 22.8. The zero-order chi connectivity index (χ0) is 30.2. The standard InChI is InChI=1S/C42H26N2O2/c1-5-15-36-30(11-1)31-12-2-6-16-37(31)44(36)29-20-22-35-41(25-29)46-39-18-8-4-14-33(39)42(35)32-13-3-7-17-38(32)45-40-24-27(19-21-34(40)42)28-10-9-23-43-26-28/h1-26H. The molecular weight excluding hydrogens is 564 g/mol. The number of para-hydroxylation sites is 4. The fourth-order valence-corrected chi connectivity index (χ4v) is 7.71. The summed E-state index contributed by atoms with van der Waals surface area (Å²) in [5, 5.41) is 2.46. The molecule has 0 amide bonds. The fourth-order valence-electron chi connectivity index (χ4n) is 7.71. The molecule has 4 heterocycles. The minimum atomic E-state index is -0.652. The second-order valence-electron chi connectivity index (χ2n) is 11.9. The fraction of sp³-hybridized carbons (Fsp3) is 0.0238. The van der Waals surface area contributed by atoms with Crippen molar-refractivity contribution in [2.45, 2.75) is 5.41 Å². The Kier molecular flexibility index (Phi) is 5.17. The van der Waals surface area contributed by atoms with E-state index in [-0.39, 0.29) is 0 Å². The van der Waals surface area contributed by atoms with Gasteiger partial charge in [0.1, 0.15) is 23.0 Å². The lowest BCUT2D eigenvalue weighted by atomic mass is 9.62. The largest absolute Gasteiger partial charge is 0.457 e. The van der Waals surface area contributed by atoms with Crippen molar-refractivity contribution in [2.75, 3.05) is 0 Å². The Morgan fingerprint density at radius 1 is 0.457 bits per heavy atom. The predicted molar refractivity (Wildman–Crippen MR) is 182 cm³/mol. The van der Waals surface area contributed by atoms with Gasteiger partial charge in [-0.2, -0.15) is 0 Å². The predicted octanol–water partition coefficient (Wildman–Crippen LogP) is 10.4. The summed E-state index contributed by atoms with van der Waals surface area (Å²) in [5.74, 6) is 3.34. The molecule has 46 heavy (non-hydrogen) atoms. The molecule has 2 aliphatic heterocycles. The van der Waals surface area contributed by atoms with Crippen LogP contribution in [0.3, 0.4) is 0 Å². The highest BCUT2D eigenvalue weighted by molar-refractivity contribution is 6.09. The van der Waals surface area contributed by atoms with Crippen molar-refractivity contribution >= 4 is 21.8 Å². The Bertz CT molecular complexity index is 2430. The Morgan fingerprint density at radius 2 is 1.02 bits per heavy atom. The van der Waals surface area contributed by atoms with Gasteiger partial charge in [-0.1, -0.05) is 97.1 Å². The van der Waals surface area contributed by atoms with Crippen molar-refractivity contribution in [3.63, 3.8) is 0 Å².